The van der Waals surface area contributed by atoms with Crippen LogP contribution in [0.4, 0.5) is 11.5 Å². The van der Waals surface area contributed by atoms with Gasteiger partial charge in [-0.2, -0.15) is 0 Å². The maximum atomic E-state index is 6.71. The second-order valence-electron chi connectivity index (χ2n) is 9.91. The zero-order valence-electron chi connectivity index (χ0n) is 20.7. The lowest BCUT2D eigenvalue weighted by atomic mass is 9.49. The molecule has 8 aromatic rings. The summed E-state index contributed by atoms with van der Waals surface area (Å²) in [7, 11) is 0. The number of aromatic nitrogens is 1. The third kappa shape index (κ3) is 2.86. The molecule has 0 saturated carbocycles. The van der Waals surface area contributed by atoms with E-state index in [-0.39, 0.29) is 6.85 Å². The van der Waals surface area contributed by atoms with Gasteiger partial charge in [-0.15, -0.1) is 11.3 Å². The summed E-state index contributed by atoms with van der Waals surface area (Å²) in [6, 6.07) is 37.8. The minimum Gasteiger partial charge on any atom is -0.467 e. The van der Waals surface area contributed by atoms with Gasteiger partial charge in [-0.05, 0) is 35.8 Å². The van der Waals surface area contributed by atoms with Crippen LogP contribution in [0.2, 0.25) is 0 Å². The van der Waals surface area contributed by atoms with Gasteiger partial charge in [0.15, 0.2) is 5.76 Å². The van der Waals surface area contributed by atoms with Crippen molar-refractivity contribution in [2.45, 2.75) is 0 Å². The van der Waals surface area contributed by atoms with Crippen molar-refractivity contribution >= 4 is 82.9 Å². The molecule has 0 N–H and O–H groups in total. The molecule has 0 amide bonds. The second kappa shape index (κ2) is 7.85. The molecule has 0 aliphatic carbocycles. The van der Waals surface area contributed by atoms with E-state index in [2.05, 4.69) is 89.7 Å². The maximum absolute atomic E-state index is 6.71. The fraction of sp³-hybridized carbons (Fsp3) is 0. The van der Waals surface area contributed by atoms with Crippen molar-refractivity contribution in [1.82, 2.24) is 4.98 Å². The van der Waals surface area contributed by atoms with Crippen molar-refractivity contribution < 1.29 is 8.83 Å². The van der Waals surface area contributed by atoms with Gasteiger partial charge in [-0.25, -0.2) is 4.98 Å². The molecule has 0 unspecified atom stereocenters. The molecule has 0 radical (unpaired) electrons. The van der Waals surface area contributed by atoms with E-state index in [1.54, 1.807) is 11.3 Å². The molecular weight excluding hydrogens is 499 g/mol. The zero-order chi connectivity index (χ0) is 25.5. The predicted molar refractivity (Wildman–Crippen MR) is 162 cm³/mol. The number of hydrogen-bond acceptors (Lipinski definition) is 5. The lowest BCUT2D eigenvalue weighted by molar-refractivity contribution is 0.623. The molecule has 0 saturated heterocycles. The van der Waals surface area contributed by atoms with Crippen molar-refractivity contribution in [3.63, 3.8) is 0 Å². The van der Waals surface area contributed by atoms with E-state index in [0.29, 0.717) is 0 Å². The zero-order valence-corrected chi connectivity index (χ0v) is 21.5. The highest BCUT2D eigenvalue weighted by molar-refractivity contribution is 7.26. The number of benzene rings is 4. The highest BCUT2D eigenvalue weighted by atomic mass is 32.1. The highest BCUT2D eigenvalue weighted by Gasteiger charge is 2.45. The predicted octanol–water partition coefficient (Wildman–Crippen LogP) is 7.87. The van der Waals surface area contributed by atoms with Gasteiger partial charge in [0, 0.05) is 32.4 Å². The Morgan fingerprint density at radius 3 is 2.18 bits per heavy atom. The van der Waals surface area contributed by atoms with Crippen molar-refractivity contribution in [2.75, 3.05) is 4.81 Å². The summed E-state index contributed by atoms with van der Waals surface area (Å²) >= 11 is 1.78. The van der Waals surface area contributed by atoms with E-state index >= 15 is 0 Å². The molecule has 4 aromatic heterocycles. The molecule has 1 aliphatic rings. The Morgan fingerprint density at radius 2 is 1.33 bits per heavy atom. The largest absolute Gasteiger partial charge is 0.467 e. The number of nitrogens with zero attached hydrogens (tertiary/aromatic N) is 2. The van der Waals surface area contributed by atoms with Gasteiger partial charge in [0.2, 0.25) is 0 Å². The monoisotopic (exact) mass is 518 g/mol. The first kappa shape index (κ1) is 21.2. The van der Waals surface area contributed by atoms with E-state index in [9.17, 15) is 0 Å². The first-order valence-corrected chi connectivity index (χ1v) is 13.8. The van der Waals surface area contributed by atoms with Crippen LogP contribution in [-0.2, 0) is 0 Å². The van der Waals surface area contributed by atoms with Crippen LogP contribution in [0, 0.1) is 0 Å². The summed E-state index contributed by atoms with van der Waals surface area (Å²) in [6.07, 6.45) is 1.93. The average molecular weight is 518 g/mol. The summed E-state index contributed by atoms with van der Waals surface area (Å²) in [5.41, 5.74) is 5.74. The molecule has 6 heteroatoms. The van der Waals surface area contributed by atoms with Crippen LogP contribution in [0.15, 0.2) is 124 Å². The van der Waals surface area contributed by atoms with Crippen LogP contribution < -0.4 is 15.9 Å². The normalized spacial score (nSPS) is 13.0. The summed E-state index contributed by atoms with van der Waals surface area (Å²) in [5, 5.41) is 4.57. The van der Waals surface area contributed by atoms with Crippen LogP contribution in [0.3, 0.4) is 0 Å². The SMILES string of the molecule is c1ccc(B2c3oc4ccccc4c3-c3oc4ccccc4c3N2c2nccc3c2sc2ccccc23)cc1. The molecule has 0 bridgehead atoms. The molecule has 0 atom stereocenters. The molecule has 0 spiro atoms. The molecular formula is C33H19BN2O2S. The number of anilines is 2. The molecule has 5 heterocycles. The van der Waals surface area contributed by atoms with Crippen molar-refractivity contribution in [3.8, 4) is 11.3 Å². The van der Waals surface area contributed by atoms with E-state index in [4.69, 9.17) is 13.8 Å². The summed E-state index contributed by atoms with van der Waals surface area (Å²) in [5.74, 6) is 1.73. The van der Waals surface area contributed by atoms with E-state index in [1.165, 1.54) is 15.5 Å². The molecule has 4 nitrogen and oxygen atoms in total. The van der Waals surface area contributed by atoms with Gasteiger partial charge in [0.05, 0.1) is 16.0 Å². The van der Waals surface area contributed by atoms with Gasteiger partial charge in [-0.1, -0.05) is 78.9 Å². The Hall–Kier alpha value is -4.81. The molecule has 0 fully saturated rings. The minimum atomic E-state index is -0.231. The fourth-order valence-corrected chi connectivity index (χ4v) is 7.34. The number of thiophene rings is 1. The number of para-hydroxylation sites is 2. The Morgan fingerprint density at radius 1 is 0.641 bits per heavy atom. The van der Waals surface area contributed by atoms with Gasteiger partial charge >= 0.3 is 6.85 Å². The molecule has 182 valence electrons. The Bertz CT molecular complexity index is 2210. The molecule has 1 aliphatic heterocycles. The quantitative estimate of drug-likeness (QED) is 0.219. The second-order valence-corrected chi connectivity index (χ2v) is 11.0. The Labute approximate surface area is 227 Å². The van der Waals surface area contributed by atoms with Gasteiger partial charge < -0.3 is 13.6 Å². The van der Waals surface area contributed by atoms with Crippen molar-refractivity contribution in [1.29, 1.82) is 0 Å². The first-order valence-electron chi connectivity index (χ1n) is 13.0. The lowest BCUT2D eigenvalue weighted by Gasteiger charge is -2.33. The summed E-state index contributed by atoms with van der Waals surface area (Å²) in [6.45, 7) is -0.231. The summed E-state index contributed by atoms with van der Waals surface area (Å²) < 4.78 is 15.8. The smallest absolute Gasteiger partial charge is 0.372 e. The molecule has 9 rings (SSSR count). The molecule has 39 heavy (non-hydrogen) atoms. The van der Waals surface area contributed by atoms with Gasteiger partial charge in [0.1, 0.15) is 22.6 Å². The number of fused-ring (bicyclic) bond motifs is 10. The topological polar surface area (TPSA) is 42.4 Å². The third-order valence-electron chi connectivity index (χ3n) is 7.78. The van der Waals surface area contributed by atoms with Crippen molar-refractivity contribution in [2.24, 2.45) is 0 Å². The van der Waals surface area contributed by atoms with E-state index in [0.717, 1.165) is 60.6 Å². The molecule has 4 aromatic carbocycles. The Kier molecular flexibility index (Phi) is 4.26. The minimum absolute atomic E-state index is 0.231. The highest BCUT2D eigenvalue weighted by Crippen LogP contribution is 2.50. The van der Waals surface area contributed by atoms with Gasteiger partial charge in [0.25, 0.3) is 0 Å². The maximum Gasteiger partial charge on any atom is 0.372 e. The number of pyridine rings is 1. The first-order chi connectivity index (χ1) is 19.4. The number of rotatable bonds is 2. The standard InChI is InChI=1S/C33H19BN2O2S/c1-2-10-20(11-3-1)34-32-28(23-13-4-7-15-25(23)38-32)30-29(24-14-5-8-16-26(24)37-30)36(34)33-31-22(18-19-35-33)21-12-6-9-17-27(21)39-31/h1-19H. The van der Waals surface area contributed by atoms with Crippen LogP contribution >= 0.6 is 11.3 Å². The fourth-order valence-electron chi connectivity index (χ4n) is 6.15. The van der Waals surface area contributed by atoms with Crippen LogP contribution in [0.1, 0.15) is 0 Å². The van der Waals surface area contributed by atoms with E-state index in [1.807, 2.05) is 30.5 Å². The van der Waals surface area contributed by atoms with Crippen molar-refractivity contribution in [3.05, 3.63) is 115 Å². The van der Waals surface area contributed by atoms with Gasteiger partial charge in [-0.3, -0.25) is 0 Å². The van der Waals surface area contributed by atoms with Crippen LogP contribution in [-0.4, -0.2) is 11.8 Å². The van der Waals surface area contributed by atoms with Crippen LogP contribution in [0.5, 0.6) is 0 Å². The lowest BCUT2D eigenvalue weighted by Crippen LogP contribution is -2.57. The summed E-state index contributed by atoms with van der Waals surface area (Å²) in [4.78, 5) is 7.41. The van der Waals surface area contributed by atoms with Crippen LogP contribution in [0.25, 0.3) is 53.4 Å². The number of furan rings is 2. The number of hydrogen-bond donors (Lipinski definition) is 0. The van der Waals surface area contributed by atoms with E-state index < -0.39 is 0 Å². The Balaban J connectivity index is 1.46. The average Bonchev–Trinajstić information content (AvgIpc) is 3.68. The third-order valence-corrected chi connectivity index (χ3v) is 8.97.